The molecular weight excluding hydrogens is 246 g/mol. The molecule has 2 N–H and O–H groups in total. The second-order valence-electron chi connectivity index (χ2n) is 3.84. The molecule has 0 saturated heterocycles. The number of hydrogen-bond donors (Lipinski definition) is 2. The molecule has 0 saturated carbocycles. The van der Waals surface area contributed by atoms with Crippen molar-refractivity contribution in [1.29, 1.82) is 0 Å². The van der Waals surface area contributed by atoms with Gasteiger partial charge in [0.2, 0.25) is 5.88 Å². The summed E-state index contributed by atoms with van der Waals surface area (Å²) in [7, 11) is 1.55. The first-order valence-electron chi connectivity index (χ1n) is 5.61. The fourth-order valence-electron chi connectivity index (χ4n) is 1.50. The summed E-state index contributed by atoms with van der Waals surface area (Å²) in [5, 5.41) is 11.7. The van der Waals surface area contributed by atoms with Gasteiger partial charge in [-0.15, -0.1) is 0 Å². The van der Waals surface area contributed by atoms with Gasteiger partial charge in [-0.1, -0.05) is 6.07 Å². The zero-order valence-electron chi connectivity index (χ0n) is 10.3. The third kappa shape index (κ3) is 3.67. The zero-order chi connectivity index (χ0) is 13.7. The molecule has 2 rings (SSSR count). The van der Waals surface area contributed by atoms with E-state index in [0.717, 1.165) is 5.69 Å². The molecule has 6 heteroatoms. The van der Waals surface area contributed by atoms with E-state index in [-0.39, 0.29) is 6.42 Å². The van der Waals surface area contributed by atoms with Crippen LogP contribution in [0.1, 0.15) is 5.56 Å². The second kappa shape index (κ2) is 5.81. The van der Waals surface area contributed by atoms with Crippen molar-refractivity contribution < 1.29 is 14.6 Å². The number of pyridine rings is 2. The highest BCUT2D eigenvalue weighted by molar-refractivity contribution is 5.70. The van der Waals surface area contributed by atoms with Gasteiger partial charge in [-0.2, -0.15) is 0 Å². The van der Waals surface area contributed by atoms with Gasteiger partial charge < -0.3 is 15.2 Å². The van der Waals surface area contributed by atoms with Crippen LogP contribution in [0.3, 0.4) is 0 Å². The Kier molecular flexibility index (Phi) is 3.92. The van der Waals surface area contributed by atoms with E-state index < -0.39 is 5.97 Å². The molecule has 98 valence electrons. The summed E-state index contributed by atoms with van der Waals surface area (Å²) in [6.45, 7) is 0. The van der Waals surface area contributed by atoms with Crippen LogP contribution in [0.25, 0.3) is 0 Å². The van der Waals surface area contributed by atoms with E-state index in [1.165, 1.54) is 6.20 Å². The zero-order valence-corrected chi connectivity index (χ0v) is 10.3. The number of aliphatic carboxylic acids is 1. The van der Waals surface area contributed by atoms with Gasteiger partial charge in [0.1, 0.15) is 5.82 Å². The monoisotopic (exact) mass is 259 g/mol. The van der Waals surface area contributed by atoms with Gasteiger partial charge in [0.25, 0.3) is 0 Å². The number of nitrogens with one attached hydrogen (secondary N) is 1. The van der Waals surface area contributed by atoms with Crippen molar-refractivity contribution >= 4 is 17.5 Å². The van der Waals surface area contributed by atoms with E-state index in [1.807, 2.05) is 6.07 Å². The highest BCUT2D eigenvalue weighted by Crippen LogP contribution is 2.16. The number of methoxy groups -OCH3 is 1. The Labute approximate surface area is 110 Å². The van der Waals surface area contributed by atoms with Crippen LogP contribution in [-0.2, 0) is 11.2 Å². The number of carbonyl (C=O) groups is 1. The molecule has 0 aromatic carbocycles. The molecule has 0 fully saturated rings. The molecule has 0 unspecified atom stereocenters. The molecule has 0 spiro atoms. The Hall–Kier alpha value is -2.63. The Balaban J connectivity index is 2.04. The van der Waals surface area contributed by atoms with Gasteiger partial charge in [-0.3, -0.25) is 4.79 Å². The summed E-state index contributed by atoms with van der Waals surface area (Å²) >= 11 is 0. The molecule has 6 nitrogen and oxygen atoms in total. The lowest BCUT2D eigenvalue weighted by Gasteiger charge is -2.06. The predicted octanol–water partition coefficient (Wildman–Crippen LogP) is 1.86. The summed E-state index contributed by atoms with van der Waals surface area (Å²) in [6, 6.07) is 7.00. The van der Waals surface area contributed by atoms with E-state index in [1.54, 1.807) is 31.5 Å². The Morgan fingerprint density at radius 1 is 1.26 bits per heavy atom. The first kappa shape index (κ1) is 12.8. The third-order valence-corrected chi connectivity index (χ3v) is 2.40. The summed E-state index contributed by atoms with van der Waals surface area (Å²) in [5.41, 5.74) is 1.44. The quantitative estimate of drug-likeness (QED) is 0.852. The molecule has 2 aromatic heterocycles. The SMILES string of the molecule is COc1ccc(Nc2ccc(CC(=O)O)cn2)cn1. The number of hydrogen-bond acceptors (Lipinski definition) is 5. The average molecular weight is 259 g/mol. The fraction of sp³-hybridized carbons (Fsp3) is 0.154. The standard InChI is InChI=1S/C13H13N3O3/c1-19-12-5-3-10(8-15-12)16-11-4-2-9(7-14-11)6-13(17)18/h2-5,7-8H,6H2,1H3,(H,14,16)(H,17,18). The van der Waals surface area contributed by atoms with E-state index in [4.69, 9.17) is 9.84 Å². The van der Waals surface area contributed by atoms with Gasteiger partial charge in [-0.25, -0.2) is 9.97 Å². The van der Waals surface area contributed by atoms with Crippen molar-refractivity contribution in [2.75, 3.05) is 12.4 Å². The van der Waals surface area contributed by atoms with E-state index >= 15 is 0 Å². The minimum Gasteiger partial charge on any atom is -0.481 e. The van der Waals surface area contributed by atoms with Gasteiger partial charge in [-0.05, 0) is 17.7 Å². The minimum atomic E-state index is -0.873. The number of carboxylic acids is 1. The molecule has 0 radical (unpaired) electrons. The summed E-state index contributed by atoms with van der Waals surface area (Å²) in [5.74, 6) is 0.290. The second-order valence-corrected chi connectivity index (χ2v) is 3.84. The number of rotatable bonds is 5. The molecule has 19 heavy (non-hydrogen) atoms. The lowest BCUT2D eigenvalue weighted by Crippen LogP contribution is -2.01. The van der Waals surface area contributed by atoms with E-state index in [0.29, 0.717) is 17.3 Å². The normalized spacial score (nSPS) is 9.95. The van der Waals surface area contributed by atoms with Crippen LogP contribution in [0, 0.1) is 0 Å². The van der Waals surface area contributed by atoms with E-state index in [2.05, 4.69) is 15.3 Å². The highest BCUT2D eigenvalue weighted by atomic mass is 16.5. The molecule has 0 aliphatic heterocycles. The third-order valence-electron chi connectivity index (χ3n) is 2.40. The van der Waals surface area contributed by atoms with Crippen molar-refractivity contribution in [1.82, 2.24) is 9.97 Å². The Bertz CT molecular complexity index is 552. The van der Waals surface area contributed by atoms with Crippen LogP contribution < -0.4 is 10.1 Å². The van der Waals surface area contributed by atoms with Crippen molar-refractivity contribution in [3.63, 3.8) is 0 Å². The minimum absolute atomic E-state index is 0.0304. The Morgan fingerprint density at radius 3 is 2.63 bits per heavy atom. The van der Waals surface area contributed by atoms with Crippen LogP contribution in [0.5, 0.6) is 5.88 Å². The van der Waals surface area contributed by atoms with Gasteiger partial charge in [0, 0.05) is 12.3 Å². The van der Waals surface area contributed by atoms with Gasteiger partial charge in [0.15, 0.2) is 0 Å². The van der Waals surface area contributed by atoms with Crippen LogP contribution in [0.15, 0.2) is 36.7 Å². The largest absolute Gasteiger partial charge is 0.481 e. The lowest BCUT2D eigenvalue weighted by molar-refractivity contribution is -0.136. The summed E-state index contributed by atoms with van der Waals surface area (Å²) in [6.07, 6.45) is 3.14. The summed E-state index contributed by atoms with van der Waals surface area (Å²) < 4.78 is 4.96. The topological polar surface area (TPSA) is 84.3 Å². The number of aromatic nitrogens is 2. The maximum absolute atomic E-state index is 10.5. The number of anilines is 2. The molecule has 0 bridgehead atoms. The lowest BCUT2D eigenvalue weighted by atomic mass is 10.2. The van der Waals surface area contributed by atoms with Crippen LogP contribution >= 0.6 is 0 Å². The van der Waals surface area contributed by atoms with Gasteiger partial charge >= 0.3 is 5.97 Å². The van der Waals surface area contributed by atoms with Crippen LogP contribution in [0.4, 0.5) is 11.5 Å². The highest BCUT2D eigenvalue weighted by Gasteiger charge is 2.02. The fourth-order valence-corrected chi connectivity index (χ4v) is 1.50. The van der Waals surface area contributed by atoms with Crippen molar-refractivity contribution in [2.24, 2.45) is 0 Å². The van der Waals surface area contributed by atoms with Crippen molar-refractivity contribution in [3.8, 4) is 5.88 Å². The summed E-state index contributed by atoms with van der Waals surface area (Å²) in [4.78, 5) is 18.7. The first-order valence-corrected chi connectivity index (χ1v) is 5.61. The number of nitrogens with zero attached hydrogens (tertiary/aromatic N) is 2. The molecular formula is C13H13N3O3. The van der Waals surface area contributed by atoms with E-state index in [9.17, 15) is 4.79 Å². The number of ether oxygens (including phenoxy) is 1. The van der Waals surface area contributed by atoms with Gasteiger partial charge in [0.05, 0.1) is 25.4 Å². The molecule has 0 aliphatic carbocycles. The van der Waals surface area contributed by atoms with Crippen LogP contribution in [0.2, 0.25) is 0 Å². The number of carboxylic acid groups (broad SMARTS) is 1. The molecule has 2 aromatic rings. The molecule has 0 atom stereocenters. The predicted molar refractivity (Wildman–Crippen MR) is 69.6 cm³/mol. The first-order chi connectivity index (χ1) is 9.17. The molecule has 0 amide bonds. The molecule has 2 heterocycles. The molecule has 0 aliphatic rings. The maximum Gasteiger partial charge on any atom is 0.307 e. The average Bonchev–Trinajstić information content (AvgIpc) is 2.41. The maximum atomic E-state index is 10.5. The Morgan fingerprint density at radius 2 is 2.11 bits per heavy atom. The van der Waals surface area contributed by atoms with Crippen molar-refractivity contribution in [3.05, 3.63) is 42.2 Å². The van der Waals surface area contributed by atoms with Crippen LogP contribution in [-0.4, -0.2) is 28.2 Å². The van der Waals surface area contributed by atoms with Crippen molar-refractivity contribution in [2.45, 2.75) is 6.42 Å². The smallest absolute Gasteiger partial charge is 0.307 e.